The first-order valence-corrected chi connectivity index (χ1v) is 6.20. The van der Waals surface area contributed by atoms with Crippen LogP contribution in [-0.4, -0.2) is 13.2 Å². The molecule has 1 aromatic carbocycles. The van der Waals surface area contributed by atoms with Crippen LogP contribution >= 0.6 is 35.6 Å². The molecule has 2 atom stereocenters. The van der Waals surface area contributed by atoms with Gasteiger partial charge in [-0.2, -0.15) is 0 Å². The second-order valence-corrected chi connectivity index (χ2v) is 5.08. The number of benzene rings is 1. The highest BCUT2D eigenvalue weighted by atomic mass is 35.5. The SMILES string of the molecule is Cl.NC(CC1CCOC1)c1cc(Cl)ccc1Cl. The molecule has 1 aromatic rings. The van der Waals surface area contributed by atoms with Crippen molar-refractivity contribution in [2.75, 3.05) is 13.2 Å². The maximum absolute atomic E-state index is 6.15. The van der Waals surface area contributed by atoms with Crippen LogP contribution in [0.4, 0.5) is 0 Å². The summed E-state index contributed by atoms with van der Waals surface area (Å²) < 4.78 is 5.33. The highest BCUT2D eigenvalue weighted by Crippen LogP contribution is 2.30. The number of halogens is 3. The molecule has 1 saturated heterocycles. The summed E-state index contributed by atoms with van der Waals surface area (Å²) in [5.74, 6) is 0.546. The Morgan fingerprint density at radius 3 is 2.82 bits per heavy atom. The van der Waals surface area contributed by atoms with E-state index in [1.807, 2.05) is 6.07 Å². The molecule has 96 valence electrons. The summed E-state index contributed by atoms with van der Waals surface area (Å²) in [5.41, 5.74) is 7.08. The van der Waals surface area contributed by atoms with Gasteiger partial charge < -0.3 is 10.5 Å². The van der Waals surface area contributed by atoms with Crippen molar-refractivity contribution in [3.05, 3.63) is 33.8 Å². The lowest BCUT2D eigenvalue weighted by Gasteiger charge is -2.17. The van der Waals surface area contributed by atoms with E-state index in [4.69, 9.17) is 33.7 Å². The van der Waals surface area contributed by atoms with E-state index in [0.717, 1.165) is 31.6 Å². The summed E-state index contributed by atoms with van der Waals surface area (Å²) in [5, 5.41) is 1.37. The van der Waals surface area contributed by atoms with Crippen molar-refractivity contribution >= 4 is 35.6 Å². The van der Waals surface area contributed by atoms with Gasteiger partial charge in [0.25, 0.3) is 0 Å². The molecule has 0 bridgehead atoms. The van der Waals surface area contributed by atoms with Crippen molar-refractivity contribution in [3.8, 4) is 0 Å². The van der Waals surface area contributed by atoms with Crippen molar-refractivity contribution < 1.29 is 4.74 Å². The Balaban J connectivity index is 0.00000144. The van der Waals surface area contributed by atoms with Crippen LogP contribution in [0.5, 0.6) is 0 Å². The molecular formula is C12H16Cl3NO. The summed E-state index contributed by atoms with van der Waals surface area (Å²) in [6.45, 7) is 1.66. The fourth-order valence-corrected chi connectivity index (χ4v) is 2.49. The second kappa shape index (κ2) is 6.81. The maximum Gasteiger partial charge on any atom is 0.0495 e. The van der Waals surface area contributed by atoms with Gasteiger partial charge >= 0.3 is 0 Å². The van der Waals surface area contributed by atoms with Crippen molar-refractivity contribution in [1.82, 2.24) is 0 Å². The van der Waals surface area contributed by atoms with E-state index in [9.17, 15) is 0 Å². The van der Waals surface area contributed by atoms with E-state index in [0.29, 0.717) is 16.0 Å². The van der Waals surface area contributed by atoms with Crippen LogP contribution in [0.2, 0.25) is 10.0 Å². The average Bonchev–Trinajstić information content (AvgIpc) is 2.74. The Morgan fingerprint density at radius 2 is 2.18 bits per heavy atom. The van der Waals surface area contributed by atoms with Gasteiger partial charge in [-0.3, -0.25) is 0 Å². The third-order valence-electron chi connectivity index (χ3n) is 2.97. The molecule has 0 saturated carbocycles. The van der Waals surface area contributed by atoms with Crippen LogP contribution in [0.25, 0.3) is 0 Å². The fraction of sp³-hybridized carbons (Fsp3) is 0.500. The Kier molecular flexibility index (Phi) is 6.04. The summed E-state index contributed by atoms with van der Waals surface area (Å²) >= 11 is 12.0. The highest BCUT2D eigenvalue weighted by Gasteiger charge is 2.20. The van der Waals surface area contributed by atoms with Gasteiger partial charge in [-0.1, -0.05) is 23.2 Å². The normalized spacial score (nSPS) is 21.0. The molecule has 0 radical (unpaired) electrons. The molecular weight excluding hydrogens is 280 g/mol. The van der Waals surface area contributed by atoms with E-state index in [-0.39, 0.29) is 18.4 Å². The number of nitrogens with two attached hydrogens (primary N) is 1. The first-order valence-electron chi connectivity index (χ1n) is 5.45. The van der Waals surface area contributed by atoms with Crippen LogP contribution in [0.15, 0.2) is 18.2 Å². The standard InChI is InChI=1S/C12H15Cl2NO.ClH/c13-9-1-2-11(14)10(6-9)12(15)5-8-3-4-16-7-8;/h1-2,6,8,12H,3-5,7,15H2;1H. The predicted molar refractivity (Wildman–Crippen MR) is 74.2 cm³/mol. The van der Waals surface area contributed by atoms with E-state index >= 15 is 0 Å². The predicted octanol–water partition coefficient (Wildman–Crippen LogP) is 3.84. The lowest BCUT2D eigenvalue weighted by molar-refractivity contribution is 0.182. The summed E-state index contributed by atoms with van der Waals surface area (Å²) in [4.78, 5) is 0. The lowest BCUT2D eigenvalue weighted by Crippen LogP contribution is -2.16. The molecule has 1 aliphatic heterocycles. The Morgan fingerprint density at radius 1 is 1.41 bits per heavy atom. The van der Waals surface area contributed by atoms with Gasteiger partial charge in [0, 0.05) is 29.3 Å². The molecule has 0 aliphatic carbocycles. The largest absolute Gasteiger partial charge is 0.381 e. The van der Waals surface area contributed by atoms with Crippen LogP contribution < -0.4 is 5.73 Å². The van der Waals surface area contributed by atoms with Crippen molar-refractivity contribution in [1.29, 1.82) is 0 Å². The summed E-state index contributed by atoms with van der Waals surface area (Å²) in [6.07, 6.45) is 1.99. The fourth-order valence-electron chi connectivity index (χ4n) is 2.05. The van der Waals surface area contributed by atoms with Gasteiger partial charge in [0.2, 0.25) is 0 Å². The van der Waals surface area contributed by atoms with Gasteiger partial charge in [-0.15, -0.1) is 12.4 Å². The minimum atomic E-state index is -0.0575. The molecule has 1 aliphatic rings. The van der Waals surface area contributed by atoms with E-state index in [1.54, 1.807) is 12.1 Å². The van der Waals surface area contributed by atoms with E-state index in [1.165, 1.54) is 0 Å². The van der Waals surface area contributed by atoms with Gasteiger partial charge in [0.15, 0.2) is 0 Å². The molecule has 0 amide bonds. The van der Waals surface area contributed by atoms with Crippen LogP contribution in [0.1, 0.15) is 24.4 Å². The summed E-state index contributed by atoms with van der Waals surface area (Å²) in [6, 6.07) is 5.37. The third kappa shape index (κ3) is 4.01. The van der Waals surface area contributed by atoms with Crippen molar-refractivity contribution in [2.45, 2.75) is 18.9 Å². The third-order valence-corrected chi connectivity index (χ3v) is 3.55. The maximum atomic E-state index is 6.15. The van der Waals surface area contributed by atoms with Gasteiger partial charge in [-0.25, -0.2) is 0 Å². The Hall–Kier alpha value is 0.01000. The molecule has 2 nitrogen and oxygen atoms in total. The Bertz CT molecular complexity index is 367. The molecule has 1 heterocycles. The number of hydrogen-bond donors (Lipinski definition) is 1. The molecule has 2 rings (SSSR count). The number of hydrogen-bond acceptors (Lipinski definition) is 2. The zero-order chi connectivity index (χ0) is 11.5. The molecule has 5 heteroatoms. The Labute approximate surface area is 118 Å². The average molecular weight is 297 g/mol. The number of rotatable bonds is 3. The first kappa shape index (κ1) is 15.1. The lowest BCUT2D eigenvalue weighted by atomic mass is 9.95. The topological polar surface area (TPSA) is 35.2 Å². The zero-order valence-electron chi connectivity index (χ0n) is 9.36. The van der Waals surface area contributed by atoms with Crippen molar-refractivity contribution in [3.63, 3.8) is 0 Å². The monoisotopic (exact) mass is 295 g/mol. The van der Waals surface area contributed by atoms with Crippen LogP contribution in [0, 0.1) is 5.92 Å². The molecule has 17 heavy (non-hydrogen) atoms. The zero-order valence-corrected chi connectivity index (χ0v) is 11.7. The molecule has 1 fully saturated rings. The minimum Gasteiger partial charge on any atom is -0.381 e. The summed E-state index contributed by atoms with van der Waals surface area (Å²) in [7, 11) is 0. The van der Waals surface area contributed by atoms with Gasteiger partial charge in [0.1, 0.15) is 0 Å². The van der Waals surface area contributed by atoms with Crippen LogP contribution in [0.3, 0.4) is 0 Å². The molecule has 2 unspecified atom stereocenters. The first-order chi connectivity index (χ1) is 7.66. The van der Waals surface area contributed by atoms with Gasteiger partial charge in [-0.05, 0) is 42.5 Å². The highest BCUT2D eigenvalue weighted by molar-refractivity contribution is 6.33. The quantitative estimate of drug-likeness (QED) is 0.920. The minimum absolute atomic E-state index is 0. The molecule has 2 N–H and O–H groups in total. The molecule has 0 aromatic heterocycles. The van der Waals surface area contributed by atoms with E-state index in [2.05, 4.69) is 0 Å². The van der Waals surface area contributed by atoms with Gasteiger partial charge in [0.05, 0.1) is 0 Å². The smallest absolute Gasteiger partial charge is 0.0495 e. The molecule has 0 spiro atoms. The second-order valence-electron chi connectivity index (χ2n) is 4.24. The number of ether oxygens (including phenoxy) is 1. The van der Waals surface area contributed by atoms with E-state index < -0.39 is 0 Å². The van der Waals surface area contributed by atoms with Crippen molar-refractivity contribution in [2.24, 2.45) is 11.7 Å². The van der Waals surface area contributed by atoms with Crippen LogP contribution in [-0.2, 0) is 4.74 Å².